The van der Waals surface area contributed by atoms with Gasteiger partial charge in [-0.1, -0.05) is 73.9 Å². The van der Waals surface area contributed by atoms with E-state index in [0.717, 1.165) is 62.6 Å². The Bertz CT molecular complexity index is 1410. The van der Waals surface area contributed by atoms with Crippen molar-refractivity contribution in [2.24, 2.45) is 0 Å². The van der Waals surface area contributed by atoms with E-state index in [1.54, 1.807) is 0 Å². The van der Waals surface area contributed by atoms with Crippen LogP contribution in [0.4, 0.5) is 5.69 Å². The van der Waals surface area contributed by atoms with Crippen molar-refractivity contribution in [2.75, 3.05) is 11.5 Å². The summed E-state index contributed by atoms with van der Waals surface area (Å²) in [7, 11) is 0. The second-order valence-corrected chi connectivity index (χ2v) is 11.1. The van der Waals surface area contributed by atoms with Gasteiger partial charge in [0, 0.05) is 29.0 Å². The standard InChI is InChI=1S/C36H41NO/c1-5-21-36(22-6-2)34-12-8-7-11-32(34)33-20-19-31(25-35(33)36)37(30-16-13-26(3)27(4)24-30)29-17-14-28(15-18-29)10-9-23-38/h7-8,11-12,14,17,19-20,24-25,38H,5-6,9-10,13,16,21-23H2,1-4H3. The van der Waals surface area contributed by atoms with Crippen molar-refractivity contribution in [2.45, 2.75) is 84.5 Å². The predicted molar refractivity (Wildman–Crippen MR) is 160 cm³/mol. The molecular formula is C36H41NO. The molecule has 0 aliphatic heterocycles. The predicted octanol–water partition coefficient (Wildman–Crippen LogP) is 9.28. The maximum absolute atomic E-state index is 9.25. The summed E-state index contributed by atoms with van der Waals surface area (Å²) in [5.74, 6) is 0. The zero-order valence-electron chi connectivity index (χ0n) is 23.5. The number of allylic oxidation sites excluding steroid dienone is 7. The van der Waals surface area contributed by atoms with Crippen LogP contribution < -0.4 is 4.90 Å². The summed E-state index contributed by atoms with van der Waals surface area (Å²) in [5, 5.41) is 9.25. The van der Waals surface area contributed by atoms with E-state index >= 15 is 0 Å². The van der Waals surface area contributed by atoms with E-state index in [4.69, 9.17) is 0 Å². The molecule has 5 rings (SSSR count). The first-order chi connectivity index (χ1) is 18.5. The number of hydrogen-bond donors (Lipinski definition) is 1. The maximum atomic E-state index is 9.25. The van der Waals surface area contributed by atoms with Gasteiger partial charge in [-0.15, -0.1) is 0 Å². The average molecular weight is 504 g/mol. The lowest BCUT2D eigenvalue weighted by molar-refractivity contribution is 0.289. The summed E-state index contributed by atoms with van der Waals surface area (Å²) in [6.07, 6.45) is 15.0. The second kappa shape index (κ2) is 11.2. The molecule has 0 radical (unpaired) electrons. The molecule has 0 amide bonds. The van der Waals surface area contributed by atoms with Crippen LogP contribution in [0.25, 0.3) is 11.1 Å². The number of rotatable bonds is 10. The summed E-state index contributed by atoms with van der Waals surface area (Å²) in [6, 6.07) is 16.2. The lowest BCUT2D eigenvalue weighted by Crippen LogP contribution is -2.26. The van der Waals surface area contributed by atoms with E-state index in [2.05, 4.69) is 105 Å². The van der Waals surface area contributed by atoms with Crippen LogP contribution in [0.15, 0.2) is 100 Å². The van der Waals surface area contributed by atoms with Crippen molar-refractivity contribution < 1.29 is 5.11 Å². The monoisotopic (exact) mass is 503 g/mol. The van der Waals surface area contributed by atoms with Gasteiger partial charge in [-0.25, -0.2) is 0 Å². The summed E-state index contributed by atoms with van der Waals surface area (Å²) in [6.45, 7) is 9.32. The van der Waals surface area contributed by atoms with Gasteiger partial charge in [0.2, 0.25) is 0 Å². The molecule has 0 heterocycles. The van der Waals surface area contributed by atoms with Gasteiger partial charge < -0.3 is 10.0 Å². The molecule has 0 unspecified atom stereocenters. The van der Waals surface area contributed by atoms with Gasteiger partial charge >= 0.3 is 0 Å². The maximum Gasteiger partial charge on any atom is 0.0971 e. The Kier molecular flexibility index (Phi) is 7.78. The van der Waals surface area contributed by atoms with E-state index in [9.17, 15) is 5.11 Å². The van der Waals surface area contributed by atoms with Crippen LogP contribution in [0.1, 0.15) is 90.2 Å². The summed E-state index contributed by atoms with van der Waals surface area (Å²) in [4.78, 5) is 2.41. The molecule has 196 valence electrons. The number of benzene rings is 2. The van der Waals surface area contributed by atoms with Gasteiger partial charge in [-0.05, 0) is 111 Å². The molecule has 3 aliphatic carbocycles. The van der Waals surface area contributed by atoms with Crippen molar-refractivity contribution in [3.8, 4) is 11.1 Å². The van der Waals surface area contributed by atoms with Gasteiger partial charge in [-0.3, -0.25) is 0 Å². The Morgan fingerprint density at radius 2 is 1.66 bits per heavy atom. The molecule has 2 aromatic rings. The van der Waals surface area contributed by atoms with Crippen LogP contribution in [-0.4, -0.2) is 11.7 Å². The number of fused-ring (bicyclic) bond motifs is 3. The third-order valence-corrected chi connectivity index (χ3v) is 8.60. The van der Waals surface area contributed by atoms with E-state index < -0.39 is 0 Å². The number of hydrogen-bond acceptors (Lipinski definition) is 2. The lowest BCUT2D eigenvalue weighted by atomic mass is 9.71. The fourth-order valence-electron chi connectivity index (χ4n) is 6.65. The van der Waals surface area contributed by atoms with Gasteiger partial charge in [-0.2, -0.15) is 0 Å². The third-order valence-electron chi connectivity index (χ3n) is 8.60. The van der Waals surface area contributed by atoms with Gasteiger partial charge in [0.1, 0.15) is 0 Å². The second-order valence-electron chi connectivity index (χ2n) is 11.1. The summed E-state index contributed by atoms with van der Waals surface area (Å²) >= 11 is 0. The van der Waals surface area contributed by atoms with E-state index in [0.29, 0.717) is 0 Å². The van der Waals surface area contributed by atoms with Gasteiger partial charge in [0.05, 0.1) is 5.70 Å². The topological polar surface area (TPSA) is 23.5 Å². The molecule has 0 spiro atoms. The molecule has 1 N–H and O–H groups in total. The Labute approximate surface area is 229 Å². The van der Waals surface area contributed by atoms with E-state index in [1.165, 1.54) is 44.8 Å². The minimum absolute atomic E-state index is 0.0639. The van der Waals surface area contributed by atoms with Crippen LogP contribution in [-0.2, 0) is 5.41 Å². The highest BCUT2D eigenvalue weighted by Crippen LogP contribution is 2.54. The summed E-state index contributed by atoms with van der Waals surface area (Å²) < 4.78 is 0. The lowest BCUT2D eigenvalue weighted by Gasteiger charge is -2.34. The highest BCUT2D eigenvalue weighted by atomic mass is 16.2. The molecular weight excluding hydrogens is 462 g/mol. The minimum Gasteiger partial charge on any atom is -0.396 e. The molecule has 0 saturated carbocycles. The van der Waals surface area contributed by atoms with Crippen LogP contribution >= 0.6 is 0 Å². The van der Waals surface area contributed by atoms with E-state index in [1.807, 2.05) is 0 Å². The molecule has 2 nitrogen and oxygen atoms in total. The van der Waals surface area contributed by atoms with Crippen molar-refractivity contribution in [3.63, 3.8) is 0 Å². The highest BCUT2D eigenvalue weighted by Gasteiger charge is 2.42. The molecule has 38 heavy (non-hydrogen) atoms. The van der Waals surface area contributed by atoms with Crippen molar-refractivity contribution >= 4 is 5.69 Å². The molecule has 0 saturated heterocycles. The van der Waals surface area contributed by atoms with Crippen LogP contribution in [0.5, 0.6) is 0 Å². The van der Waals surface area contributed by atoms with Crippen LogP contribution in [0, 0.1) is 0 Å². The van der Waals surface area contributed by atoms with Crippen LogP contribution in [0.2, 0.25) is 0 Å². The normalized spacial score (nSPS) is 17.1. The Morgan fingerprint density at radius 3 is 2.34 bits per heavy atom. The van der Waals surface area contributed by atoms with Gasteiger partial charge in [0.25, 0.3) is 0 Å². The average Bonchev–Trinajstić information content (AvgIpc) is 3.20. The molecule has 0 atom stereocenters. The third kappa shape index (κ3) is 4.70. The number of aliphatic hydroxyl groups excluding tert-OH is 1. The zero-order valence-corrected chi connectivity index (χ0v) is 23.5. The van der Waals surface area contributed by atoms with Crippen LogP contribution in [0.3, 0.4) is 0 Å². The fourth-order valence-corrected chi connectivity index (χ4v) is 6.65. The Morgan fingerprint density at radius 1 is 0.895 bits per heavy atom. The van der Waals surface area contributed by atoms with E-state index in [-0.39, 0.29) is 12.0 Å². The molecule has 0 fully saturated rings. The Hall–Kier alpha value is -3.28. The smallest absolute Gasteiger partial charge is 0.0971 e. The fraction of sp³-hybridized carbons (Fsp3) is 0.389. The van der Waals surface area contributed by atoms with Crippen molar-refractivity contribution in [1.82, 2.24) is 0 Å². The van der Waals surface area contributed by atoms with Crippen molar-refractivity contribution in [1.29, 1.82) is 0 Å². The molecule has 3 aliphatic rings. The first kappa shape index (κ1) is 26.3. The Balaban J connectivity index is 1.69. The number of aliphatic hydroxyl groups is 1. The zero-order chi connectivity index (χ0) is 26.7. The molecule has 0 aromatic heterocycles. The van der Waals surface area contributed by atoms with Crippen molar-refractivity contribution in [3.05, 3.63) is 111 Å². The largest absolute Gasteiger partial charge is 0.396 e. The number of anilines is 1. The number of nitrogens with zero attached hydrogens (tertiary/aromatic N) is 1. The van der Waals surface area contributed by atoms with Gasteiger partial charge in [0.15, 0.2) is 0 Å². The minimum atomic E-state index is 0.0639. The molecule has 2 heteroatoms. The first-order valence-electron chi connectivity index (χ1n) is 14.5. The molecule has 2 aromatic carbocycles. The molecule has 0 bridgehead atoms. The highest BCUT2D eigenvalue weighted by molar-refractivity contribution is 5.83. The SMILES string of the molecule is CCCC1(CCC)c2ccccc2-c2ccc(N(C3=C=C=C(CCCO)C=C3)C3=CC(C)=C(C)CC3)cc21. The summed E-state index contributed by atoms with van der Waals surface area (Å²) in [5.41, 5.74) is 20.2. The first-order valence-corrected chi connectivity index (χ1v) is 14.5. The quantitative estimate of drug-likeness (QED) is 0.327.